The Morgan fingerprint density at radius 1 is 1.50 bits per heavy atom. The van der Waals surface area contributed by atoms with E-state index < -0.39 is 0 Å². The molecule has 0 bridgehead atoms. The maximum Gasteiger partial charge on any atom is 0.253 e. The molecule has 1 aromatic carbocycles. The zero-order chi connectivity index (χ0) is 13.7. The van der Waals surface area contributed by atoms with Crippen molar-refractivity contribution in [3.63, 3.8) is 0 Å². The van der Waals surface area contributed by atoms with E-state index in [-0.39, 0.29) is 24.5 Å². The predicted octanol–water partition coefficient (Wildman–Crippen LogP) is 3.24. The zero-order valence-corrected chi connectivity index (χ0v) is 12.8. The van der Waals surface area contributed by atoms with E-state index in [1.807, 2.05) is 13.8 Å². The summed E-state index contributed by atoms with van der Waals surface area (Å²) in [6.45, 7) is 4.06. The third-order valence-electron chi connectivity index (χ3n) is 2.73. The number of carbonyl (C=O) groups is 1. The Morgan fingerprint density at radius 2 is 2.17 bits per heavy atom. The van der Waals surface area contributed by atoms with Crippen molar-refractivity contribution in [2.75, 3.05) is 6.61 Å². The van der Waals surface area contributed by atoms with E-state index in [2.05, 4.69) is 21.2 Å². The van der Waals surface area contributed by atoms with Crippen LogP contribution in [0.25, 0.3) is 0 Å². The molecule has 0 spiro atoms. The van der Waals surface area contributed by atoms with Crippen molar-refractivity contribution >= 4 is 33.4 Å². The normalized spacial score (nSPS) is 12.6. The van der Waals surface area contributed by atoms with E-state index in [9.17, 15) is 4.79 Å². The average molecular weight is 335 g/mol. The van der Waals surface area contributed by atoms with Crippen LogP contribution < -0.4 is 5.32 Å². The average Bonchev–Trinajstić information content (AvgIpc) is 2.31. The van der Waals surface area contributed by atoms with Crippen LogP contribution in [0.15, 0.2) is 22.7 Å². The Kier molecular flexibility index (Phi) is 6.12. The number of hydrogen-bond acceptors (Lipinski definition) is 2. The van der Waals surface area contributed by atoms with Crippen LogP contribution in [0, 0.1) is 5.92 Å². The molecule has 0 saturated heterocycles. The number of benzene rings is 1. The van der Waals surface area contributed by atoms with Gasteiger partial charge in [0.05, 0.1) is 10.6 Å². The highest BCUT2D eigenvalue weighted by Gasteiger charge is 2.18. The first-order valence-corrected chi connectivity index (χ1v) is 6.99. The molecule has 2 N–H and O–H groups in total. The van der Waals surface area contributed by atoms with E-state index in [0.29, 0.717) is 17.0 Å². The number of amides is 1. The van der Waals surface area contributed by atoms with Crippen molar-refractivity contribution in [1.82, 2.24) is 5.32 Å². The largest absolute Gasteiger partial charge is 0.396 e. The van der Waals surface area contributed by atoms with Crippen LogP contribution in [0.5, 0.6) is 0 Å². The van der Waals surface area contributed by atoms with Gasteiger partial charge in [0.15, 0.2) is 0 Å². The van der Waals surface area contributed by atoms with Gasteiger partial charge in [-0.3, -0.25) is 4.79 Å². The molecule has 5 heteroatoms. The van der Waals surface area contributed by atoms with Gasteiger partial charge >= 0.3 is 0 Å². The first-order valence-electron chi connectivity index (χ1n) is 5.82. The summed E-state index contributed by atoms with van der Waals surface area (Å²) >= 11 is 9.31. The molecule has 0 saturated carbocycles. The van der Waals surface area contributed by atoms with Gasteiger partial charge < -0.3 is 10.4 Å². The van der Waals surface area contributed by atoms with Crippen LogP contribution in [0.4, 0.5) is 0 Å². The van der Waals surface area contributed by atoms with Crippen molar-refractivity contribution in [2.24, 2.45) is 5.92 Å². The summed E-state index contributed by atoms with van der Waals surface area (Å²) in [7, 11) is 0. The van der Waals surface area contributed by atoms with E-state index in [1.165, 1.54) is 0 Å². The van der Waals surface area contributed by atoms with Crippen molar-refractivity contribution in [3.05, 3.63) is 33.3 Å². The lowest BCUT2D eigenvalue weighted by atomic mass is 10.0. The fraction of sp³-hybridized carbons (Fsp3) is 0.462. The fourth-order valence-corrected chi connectivity index (χ4v) is 2.19. The molecular formula is C13H17BrClNO2. The second-order valence-corrected chi connectivity index (χ2v) is 5.78. The highest BCUT2D eigenvalue weighted by molar-refractivity contribution is 9.10. The van der Waals surface area contributed by atoms with Gasteiger partial charge in [0.25, 0.3) is 5.91 Å². The number of rotatable bonds is 5. The maximum atomic E-state index is 12.1. The van der Waals surface area contributed by atoms with Crippen LogP contribution in [0.3, 0.4) is 0 Å². The topological polar surface area (TPSA) is 49.3 Å². The lowest BCUT2D eigenvalue weighted by Crippen LogP contribution is -2.39. The zero-order valence-electron chi connectivity index (χ0n) is 10.4. The summed E-state index contributed by atoms with van der Waals surface area (Å²) in [6, 6.07) is 5.09. The lowest BCUT2D eigenvalue weighted by molar-refractivity contribution is 0.0916. The molecule has 18 heavy (non-hydrogen) atoms. The first-order chi connectivity index (χ1) is 8.45. The number of aliphatic hydroxyl groups excluding tert-OH is 1. The van der Waals surface area contributed by atoms with E-state index in [1.54, 1.807) is 18.2 Å². The van der Waals surface area contributed by atoms with Crippen molar-refractivity contribution in [1.29, 1.82) is 0 Å². The minimum atomic E-state index is -0.214. The van der Waals surface area contributed by atoms with Crippen molar-refractivity contribution in [2.45, 2.75) is 26.3 Å². The Morgan fingerprint density at radius 3 is 2.72 bits per heavy atom. The molecule has 1 unspecified atom stereocenters. The SMILES string of the molecule is CC(C)C(CCO)NC(=O)c1cc(Br)ccc1Cl. The first kappa shape index (κ1) is 15.5. The number of aliphatic hydroxyl groups is 1. The molecule has 1 aromatic rings. The monoisotopic (exact) mass is 333 g/mol. The summed E-state index contributed by atoms with van der Waals surface area (Å²) in [5.74, 6) is 0.0421. The summed E-state index contributed by atoms with van der Waals surface area (Å²) in [5.41, 5.74) is 0.439. The number of hydrogen-bond donors (Lipinski definition) is 2. The second kappa shape index (κ2) is 7.12. The Bertz CT molecular complexity index is 423. The predicted molar refractivity (Wildman–Crippen MR) is 76.9 cm³/mol. The van der Waals surface area contributed by atoms with Crippen molar-refractivity contribution < 1.29 is 9.90 Å². The molecule has 0 aliphatic rings. The van der Waals surface area contributed by atoms with Crippen LogP contribution in [-0.4, -0.2) is 23.7 Å². The quantitative estimate of drug-likeness (QED) is 0.868. The Hall–Kier alpha value is -0.580. The molecule has 0 aliphatic heterocycles. The summed E-state index contributed by atoms with van der Waals surface area (Å²) in [6.07, 6.45) is 0.537. The third-order valence-corrected chi connectivity index (χ3v) is 3.56. The standard InChI is InChI=1S/C13H17BrClNO2/c1-8(2)12(5-6-17)16-13(18)10-7-9(14)3-4-11(10)15/h3-4,7-8,12,17H,5-6H2,1-2H3,(H,16,18). The summed E-state index contributed by atoms with van der Waals surface area (Å²) in [4.78, 5) is 12.1. The van der Waals surface area contributed by atoms with Crippen molar-refractivity contribution in [3.8, 4) is 0 Å². The molecule has 3 nitrogen and oxygen atoms in total. The molecule has 1 rings (SSSR count). The van der Waals surface area contributed by atoms with Gasteiger partial charge in [0.1, 0.15) is 0 Å². The molecule has 0 aromatic heterocycles. The Labute approximate surface area is 121 Å². The smallest absolute Gasteiger partial charge is 0.253 e. The molecular weight excluding hydrogens is 318 g/mol. The van der Waals surface area contributed by atoms with Gasteiger partial charge in [-0.1, -0.05) is 41.4 Å². The highest BCUT2D eigenvalue weighted by Crippen LogP contribution is 2.21. The minimum Gasteiger partial charge on any atom is -0.396 e. The highest BCUT2D eigenvalue weighted by atomic mass is 79.9. The molecule has 0 fully saturated rings. The van der Waals surface area contributed by atoms with E-state index >= 15 is 0 Å². The summed E-state index contributed by atoms with van der Waals surface area (Å²) < 4.78 is 0.806. The van der Waals surface area contributed by atoms with E-state index in [4.69, 9.17) is 16.7 Å². The van der Waals surface area contributed by atoms with Gasteiger partial charge in [0, 0.05) is 17.1 Å². The van der Waals surface area contributed by atoms with E-state index in [0.717, 1.165) is 4.47 Å². The molecule has 0 radical (unpaired) electrons. The number of carbonyl (C=O) groups excluding carboxylic acids is 1. The second-order valence-electron chi connectivity index (χ2n) is 4.46. The minimum absolute atomic E-state index is 0.0509. The third kappa shape index (κ3) is 4.26. The van der Waals surface area contributed by atoms with Gasteiger partial charge in [-0.25, -0.2) is 0 Å². The van der Waals surface area contributed by atoms with Gasteiger partial charge in [-0.15, -0.1) is 0 Å². The maximum absolute atomic E-state index is 12.1. The van der Waals surface area contributed by atoms with Crippen LogP contribution in [-0.2, 0) is 0 Å². The van der Waals surface area contributed by atoms with Gasteiger partial charge in [0.2, 0.25) is 0 Å². The van der Waals surface area contributed by atoms with Crippen LogP contribution >= 0.6 is 27.5 Å². The van der Waals surface area contributed by atoms with Crippen LogP contribution in [0.2, 0.25) is 5.02 Å². The van der Waals surface area contributed by atoms with Gasteiger partial charge in [-0.2, -0.15) is 0 Å². The van der Waals surface area contributed by atoms with Crippen LogP contribution in [0.1, 0.15) is 30.6 Å². The van der Waals surface area contributed by atoms with Gasteiger partial charge in [-0.05, 0) is 30.5 Å². The number of halogens is 2. The molecule has 0 aliphatic carbocycles. The molecule has 1 amide bonds. The molecule has 100 valence electrons. The summed E-state index contributed by atoms with van der Waals surface area (Å²) in [5, 5.41) is 12.3. The Balaban J connectivity index is 2.83. The lowest BCUT2D eigenvalue weighted by Gasteiger charge is -2.21. The molecule has 0 heterocycles. The number of nitrogens with one attached hydrogen (secondary N) is 1. The fourth-order valence-electron chi connectivity index (χ4n) is 1.63. The molecule has 1 atom stereocenters.